The molecule has 1 heterocycles. The SMILES string of the molecule is C#CS1(C)C=CC2=C(C1)C(SC)(SC)CC(SC)(SC)C2. The Labute approximate surface area is 148 Å². The van der Waals surface area contributed by atoms with Crippen molar-refractivity contribution < 1.29 is 0 Å². The molecule has 0 fully saturated rings. The van der Waals surface area contributed by atoms with Gasteiger partial charge < -0.3 is 0 Å². The first-order chi connectivity index (χ1) is 9.92. The quantitative estimate of drug-likeness (QED) is 0.471. The smallest absolute Gasteiger partial charge is 0.0849 e. The Bertz CT molecular complexity index is 505. The molecule has 0 N–H and O–H groups in total. The highest BCUT2D eigenvalue weighted by molar-refractivity contribution is 8.39. The first kappa shape index (κ1) is 18.1. The molecule has 0 bridgehead atoms. The van der Waals surface area contributed by atoms with Gasteiger partial charge in [-0.2, -0.15) is 10.0 Å². The summed E-state index contributed by atoms with van der Waals surface area (Å²) in [4.78, 5) is 0. The highest BCUT2D eigenvalue weighted by Crippen LogP contribution is 2.63. The first-order valence-electron chi connectivity index (χ1n) is 6.76. The standard InChI is InChI=1S/C16H24S5/c1-7-21(6)9-8-13-10-15(17-2,18-3)12-16(19-4,20-5)14(13)11-21/h1,8-9H,10-12H2,2-6H3. The molecule has 118 valence electrons. The van der Waals surface area contributed by atoms with Crippen molar-refractivity contribution in [2.24, 2.45) is 0 Å². The molecule has 1 unspecified atom stereocenters. The summed E-state index contributed by atoms with van der Waals surface area (Å²) in [7, 11) is -1.04. The van der Waals surface area contributed by atoms with Crippen LogP contribution in [-0.4, -0.2) is 45.2 Å². The number of hydrogen-bond donors (Lipinski definition) is 0. The molecule has 0 aromatic carbocycles. The van der Waals surface area contributed by atoms with Crippen LogP contribution in [0.25, 0.3) is 0 Å². The normalized spacial score (nSPS) is 33.0. The van der Waals surface area contributed by atoms with Gasteiger partial charge in [0.1, 0.15) is 0 Å². The van der Waals surface area contributed by atoms with Gasteiger partial charge in [0, 0.05) is 5.75 Å². The molecule has 5 heteroatoms. The van der Waals surface area contributed by atoms with Crippen LogP contribution < -0.4 is 0 Å². The highest BCUT2D eigenvalue weighted by Gasteiger charge is 2.49. The molecule has 0 aromatic rings. The molecule has 0 aromatic heterocycles. The Morgan fingerprint density at radius 3 is 2.24 bits per heavy atom. The Balaban J connectivity index is 2.52. The number of rotatable bonds is 4. The molecule has 0 spiro atoms. The van der Waals surface area contributed by atoms with E-state index in [9.17, 15) is 0 Å². The predicted molar refractivity (Wildman–Crippen MR) is 112 cm³/mol. The van der Waals surface area contributed by atoms with Gasteiger partial charge in [0.05, 0.1) is 8.16 Å². The summed E-state index contributed by atoms with van der Waals surface area (Å²) in [6.45, 7) is 0. The average molecular weight is 377 g/mol. The third-order valence-electron chi connectivity index (χ3n) is 4.50. The lowest BCUT2D eigenvalue weighted by atomic mass is 9.90. The lowest BCUT2D eigenvalue weighted by Crippen LogP contribution is -2.41. The van der Waals surface area contributed by atoms with Gasteiger partial charge in [-0.15, -0.1) is 53.5 Å². The fraction of sp³-hybridized carbons (Fsp3) is 0.625. The van der Waals surface area contributed by atoms with E-state index in [1.165, 1.54) is 12.8 Å². The van der Waals surface area contributed by atoms with E-state index >= 15 is 0 Å². The maximum absolute atomic E-state index is 5.83. The van der Waals surface area contributed by atoms with Crippen LogP contribution in [0.5, 0.6) is 0 Å². The van der Waals surface area contributed by atoms with E-state index < -0.39 is 10.0 Å². The summed E-state index contributed by atoms with van der Waals surface area (Å²) in [6, 6.07) is 0. The minimum Gasteiger partial charge on any atom is -0.156 e. The monoisotopic (exact) mass is 376 g/mol. The Morgan fingerprint density at radius 1 is 1.14 bits per heavy atom. The summed E-state index contributed by atoms with van der Waals surface area (Å²) in [6.07, 6.45) is 21.9. The van der Waals surface area contributed by atoms with Crippen LogP contribution in [0.2, 0.25) is 0 Å². The van der Waals surface area contributed by atoms with E-state index in [-0.39, 0.29) is 4.08 Å². The fourth-order valence-corrected chi connectivity index (χ4v) is 9.67. The molecule has 21 heavy (non-hydrogen) atoms. The zero-order chi connectivity index (χ0) is 15.7. The number of thioether (sulfide) groups is 4. The molecule has 0 saturated heterocycles. The van der Waals surface area contributed by atoms with Crippen molar-refractivity contribution in [1.29, 1.82) is 0 Å². The molecule has 0 saturated carbocycles. The van der Waals surface area contributed by atoms with Crippen LogP contribution in [-0.2, 0) is 0 Å². The lowest BCUT2D eigenvalue weighted by Gasteiger charge is -2.50. The van der Waals surface area contributed by atoms with Gasteiger partial charge >= 0.3 is 0 Å². The summed E-state index contributed by atoms with van der Waals surface area (Å²) < 4.78 is 0.490. The van der Waals surface area contributed by atoms with E-state index in [0.717, 1.165) is 5.75 Å². The van der Waals surface area contributed by atoms with Crippen LogP contribution in [0.4, 0.5) is 0 Å². The molecule has 0 radical (unpaired) electrons. The molecule has 0 nitrogen and oxygen atoms in total. The summed E-state index contributed by atoms with van der Waals surface area (Å²) in [5, 5.41) is 5.41. The van der Waals surface area contributed by atoms with Crippen LogP contribution in [0.1, 0.15) is 12.8 Å². The molecule has 1 aliphatic carbocycles. The zero-order valence-electron chi connectivity index (χ0n) is 13.4. The molecular formula is C16H24S5. The molecular weight excluding hydrogens is 353 g/mol. The maximum atomic E-state index is 5.83. The summed E-state index contributed by atoms with van der Waals surface area (Å²) in [5.74, 6) is 1.09. The van der Waals surface area contributed by atoms with E-state index in [1.807, 2.05) is 47.0 Å². The second-order valence-corrected chi connectivity index (χ2v) is 13.8. The Kier molecular flexibility index (Phi) is 5.81. The minimum absolute atomic E-state index is 0.190. The fourth-order valence-electron chi connectivity index (χ4n) is 3.03. The van der Waals surface area contributed by atoms with Crippen LogP contribution >= 0.6 is 57.1 Å². The third-order valence-corrected chi connectivity index (χ3v) is 12.8. The Hall–Kier alpha value is 0.790. The average Bonchev–Trinajstić information content (AvgIpc) is 2.54. The maximum Gasteiger partial charge on any atom is 0.0849 e. The molecule has 1 aliphatic heterocycles. The van der Waals surface area contributed by atoms with Gasteiger partial charge in [-0.1, -0.05) is 11.3 Å². The zero-order valence-corrected chi connectivity index (χ0v) is 17.5. The first-order valence-corrected chi connectivity index (χ1v) is 13.9. The lowest BCUT2D eigenvalue weighted by molar-refractivity contribution is 0.648. The number of allylic oxidation sites excluding steroid dienone is 2. The van der Waals surface area contributed by atoms with Crippen LogP contribution in [0, 0.1) is 11.7 Å². The van der Waals surface area contributed by atoms with Crippen molar-refractivity contribution in [3.8, 4) is 11.7 Å². The summed E-state index contributed by atoms with van der Waals surface area (Å²) >= 11 is 8.07. The van der Waals surface area contributed by atoms with E-state index in [2.05, 4.69) is 48.0 Å². The van der Waals surface area contributed by atoms with Crippen molar-refractivity contribution in [3.05, 3.63) is 22.6 Å². The molecule has 1 atom stereocenters. The van der Waals surface area contributed by atoms with Gasteiger partial charge in [-0.25, -0.2) is 0 Å². The summed E-state index contributed by atoms with van der Waals surface area (Å²) in [5.41, 5.74) is 3.17. The topological polar surface area (TPSA) is 0 Å². The number of hydrogen-bond acceptors (Lipinski definition) is 4. The van der Waals surface area contributed by atoms with Gasteiger partial charge in [-0.05, 0) is 60.7 Å². The third kappa shape index (κ3) is 3.21. The highest BCUT2D eigenvalue weighted by atomic mass is 32.3. The largest absolute Gasteiger partial charge is 0.156 e. The van der Waals surface area contributed by atoms with Crippen molar-refractivity contribution in [1.82, 2.24) is 0 Å². The molecule has 2 rings (SSSR count). The second-order valence-electron chi connectivity index (χ2n) is 5.56. The van der Waals surface area contributed by atoms with Crippen molar-refractivity contribution in [3.63, 3.8) is 0 Å². The van der Waals surface area contributed by atoms with E-state index in [1.54, 1.807) is 11.1 Å². The second kappa shape index (κ2) is 6.73. The molecule has 2 aliphatic rings. The molecule has 0 amide bonds. The minimum atomic E-state index is -1.04. The van der Waals surface area contributed by atoms with E-state index in [4.69, 9.17) is 6.42 Å². The van der Waals surface area contributed by atoms with Gasteiger partial charge in [0.2, 0.25) is 0 Å². The van der Waals surface area contributed by atoms with Crippen molar-refractivity contribution in [2.75, 3.05) is 37.0 Å². The van der Waals surface area contributed by atoms with E-state index in [0.29, 0.717) is 4.08 Å². The van der Waals surface area contributed by atoms with Crippen LogP contribution in [0.15, 0.2) is 22.6 Å². The van der Waals surface area contributed by atoms with Gasteiger partial charge in [-0.3, -0.25) is 0 Å². The Morgan fingerprint density at radius 2 is 1.76 bits per heavy atom. The predicted octanol–water partition coefficient (Wildman–Crippen LogP) is 5.47. The van der Waals surface area contributed by atoms with Crippen LogP contribution in [0.3, 0.4) is 0 Å². The van der Waals surface area contributed by atoms with Gasteiger partial charge in [0.25, 0.3) is 0 Å². The van der Waals surface area contributed by atoms with Crippen molar-refractivity contribution in [2.45, 2.75) is 21.0 Å². The van der Waals surface area contributed by atoms with Gasteiger partial charge in [0.15, 0.2) is 0 Å². The number of terminal acetylenes is 1. The van der Waals surface area contributed by atoms with Crippen molar-refractivity contribution >= 4 is 57.1 Å².